The molecule has 0 radical (unpaired) electrons. The standard InChI is InChI=1S/C23H32N2O2/c1-16(2)23(25-17(3)27)12-10-18(15-19(23)7-6-14-26)20-11-13-24-22-9-5-4-8-21(20)22/h4-5,8-9,11,13,16,18-19,26H,6-7,10,12,14-15H2,1-3H3,(H,25,27). The molecule has 1 saturated carbocycles. The summed E-state index contributed by atoms with van der Waals surface area (Å²) in [5.74, 6) is 1.23. The predicted octanol–water partition coefficient (Wildman–Crippen LogP) is 4.42. The van der Waals surface area contributed by atoms with Crippen molar-refractivity contribution in [1.82, 2.24) is 10.3 Å². The molecule has 1 aliphatic rings. The third-order valence-corrected chi connectivity index (χ3v) is 6.48. The molecule has 4 nitrogen and oxygen atoms in total. The second-order valence-corrected chi connectivity index (χ2v) is 8.33. The van der Waals surface area contributed by atoms with Gasteiger partial charge >= 0.3 is 0 Å². The van der Waals surface area contributed by atoms with Gasteiger partial charge in [0.05, 0.1) is 5.52 Å². The third kappa shape index (κ3) is 4.01. The summed E-state index contributed by atoms with van der Waals surface area (Å²) in [6, 6.07) is 10.5. The smallest absolute Gasteiger partial charge is 0.217 e. The van der Waals surface area contributed by atoms with Gasteiger partial charge in [-0.05, 0) is 67.6 Å². The van der Waals surface area contributed by atoms with E-state index in [1.165, 1.54) is 10.9 Å². The summed E-state index contributed by atoms with van der Waals surface area (Å²) in [6.45, 7) is 6.25. The largest absolute Gasteiger partial charge is 0.396 e. The van der Waals surface area contributed by atoms with Gasteiger partial charge in [-0.1, -0.05) is 32.0 Å². The Hall–Kier alpha value is -1.94. The molecule has 4 heteroatoms. The van der Waals surface area contributed by atoms with Gasteiger partial charge in [0.15, 0.2) is 0 Å². The number of amides is 1. The van der Waals surface area contributed by atoms with Crippen molar-refractivity contribution in [2.24, 2.45) is 11.8 Å². The van der Waals surface area contributed by atoms with Gasteiger partial charge < -0.3 is 10.4 Å². The van der Waals surface area contributed by atoms with Crippen LogP contribution in [-0.2, 0) is 4.79 Å². The third-order valence-electron chi connectivity index (χ3n) is 6.48. The van der Waals surface area contributed by atoms with Crippen molar-refractivity contribution in [3.8, 4) is 0 Å². The van der Waals surface area contributed by atoms with Crippen LogP contribution < -0.4 is 5.32 Å². The molecule has 3 rings (SSSR count). The van der Waals surface area contributed by atoms with Gasteiger partial charge in [-0.3, -0.25) is 9.78 Å². The minimum atomic E-state index is -0.180. The second-order valence-electron chi connectivity index (χ2n) is 8.33. The lowest BCUT2D eigenvalue weighted by Gasteiger charge is -2.50. The van der Waals surface area contributed by atoms with Crippen LogP contribution in [0, 0.1) is 11.8 Å². The zero-order valence-electron chi connectivity index (χ0n) is 16.7. The number of nitrogens with zero attached hydrogens (tertiary/aromatic N) is 1. The minimum absolute atomic E-state index is 0.0468. The van der Waals surface area contributed by atoms with Crippen molar-refractivity contribution in [2.75, 3.05) is 6.61 Å². The number of aliphatic hydroxyl groups is 1. The van der Waals surface area contributed by atoms with E-state index in [9.17, 15) is 9.90 Å². The van der Waals surface area contributed by atoms with Crippen LogP contribution in [0.1, 0.15) is 64.4 Å². The lowest BCUT2D eigenvalue weighted by atomic mass is 9.61. The average Bonchev–Trinajstić information content (AvgIpc) is 2.66. The lowest BCUT2D eigenvalue weighted by Crippen LogP contribution is -2.59. The van der Waals surface area contributed by atoms with Gasteiger partial charge in [-0.2, -0.15) is 0 Å². The van der Waals surface area contributed by atoms with E-state index >= 15 is 0 Å². The van der Waals surface area contributed by atoms with Gasteiger partial charge in [0, 0.05) is 30.7 Å². The topological polar surface area (TPSA) is 62.2 Å². The molecule has 1 aromatic heterocycles. The highest BCUT2D eigenvalue weighted by Gasteiger charge is 2.46. The Bertz CT molecular complexity index is 784. The zero-order valence-corrected chi connectivity index (χ0v) is 16.7. The molecule has 0 spiro atoms. The van der Waals surface area contributed by atoms with E-state index in [-0.39, 0.29) is 18.1 Å². The Balaban J connectivity index is 1.94. The van der Waals surface area contributed by atoms with Crippen LogP contribution in [-0.4, -0.2) is 28.1 Å². The number of nitrogens with one attached hydrogen (secondary N) is 1. The van der Waals surface area contributed by atoms with E-state index in [1.807, 2.05) is 12.3 Å². The fraction of sp³-hybridized carbons (Fsp3) is 0.565. The summed E-state index contributed by atoms with van der Waals surface area (Å²) in [5, 5.41) is 14.0. The van der Waals surface area contributed by atoms with Crippen LogP contribution in [0.5, 0.6) is 0 Å². The minimum Gasteiger partial charge on any atom is -0.396 e. The molecule has 0 bridgehead atoms. The van der Waals surface area contributed by atoms with Crippen molar-refractivity contribution in [1.29, 1.82) is 0 Å². The van der Waals surface area contributed by atoms with E-state index < -0.39 is 0 Å². The first kappa shape index (κ1) is 19.8. The fourth-order valence-corrected chi connectivity index (χ4v) is 5.16. The summed E-state index contributed by atoms with van der Waals surface area (Å²) in [5.41, 5.74) is 2.24. The van der Waals surface area contributed by atoms with Crippen LogP contribution in [0.25, 0.3) is 10.9 Å². The molecule has 1 heterocycles. The van der Waals surface area contributed by atoms with E-state index in [4.69, 9.17) is 0 Å². The number of hydrogen-bond acceptors (Lipinski definition) is 3. The fourth-order valence-electron chi connectivity index (χ4n) is 5.16. The maximum Gasteiger partial charge on any atom is 0.217 e. The number of aliphatic hydroxyl groups excluding tert-OH is 1. The van der Waals surface area contributed by atoms with Crippen LogP contribution in [0.4, 0.5) is 0 Å². The second kappa shape index (κ2) is 8.39. The number of carbonyl (C=O) groups excluding carboxylic acids is 1. The average molecular weight is 369 g/mol. The number of fused-ring (bicyclic) bond motifs is 1. The molecule has 2 N–H and O–H groups in total. The number of rotatable bonds is 6. The van der Waals surface area contributed by atoms with Gasteiger partial charge in [0.1, 0.15) is 0 Å². The molecule has 1 aromatic carbocycles. The number of carbonyl (C=O) groups is 1. The Labute approximate surface area is 162 Å². The molecule has 1 aliphatic carbocycles. The molecule has 2 aromatic rings. The number of aromatic nitrogens is 1. The number of para-hydroxylation sites is 1. The first-order valence-corrected chi connectivity index (χ1v) is 10.2. The normalized spacial score (nSPS) is 25.7. The van der Waals surface area contributed by atoms with Crippen molar-refractivity contribution in [3.05, 3.63) is 42.1 Å². The van der Waals surface area contributed by atoms with Crippen LogP contribution in [0.15, 0.2) is 36.5 Å². The molecule has 3 unspecified atom stereocenters. The molecule has 0 aliphatic heterocycles. The summed E-state index contributed by atoms with van der Waals surface area (Å²) in [6.07, 6.45) is 6.70. The highest BCUT2D eigenvalue weighted by atomic mass is 16.2. The predicted molar refractivity (Wildman–Crippen MR) is 110 cm³/mol. The number of benzene rings is 1. The Morgan fingerprint density at radius 2 is 2.11 bits per heavy atom. The Kier molecular flexibility index (Phi) is 6.15. The molecular weight excluding hydrogens is 336 g/mol. The summed E-state index contributed by atoms with van der Waals surface area (Å²) in [7, 11) is 0. The van der Waals surface area contributed by atoms with E-state index in [0.717, 1.165) is 37.6 Å². The van der Waals surface area contributed by atoms with Gasteiger partial charge in [-0.25, -0.2) is 0 Å². The molecule has 27 heavy (non-hydrogen) atoms. The monoisotopic (exact) mass is 368 g/mol. The zero-order chi connectivity index (χ0) is 19.4. The molecule has 1 fully saturated rings. The number of pyridine rings is 1. The van der Waals surface area contributed by atoms with E-state index in [0.29, 0.717) is 17.8 Å². The van der Waals surface area contributed by atoms with Gasteiger partial charge in [0.2, 0.25) is 5.91 Å². The summed E-state index contributed by atoms with van der Waals surface area (Å²) < 4.78 is 0. The first-order chi connectivity index (χ1) is 13.0. The first-order valence-electron chi connectivity index (χ1n) is 10.2. The maximum absolute atomic E-state index is 12.0. The van der Waals surface area contributed by atoms with Crippen LogP contribution in [0.2, 0.25) is 0 Å². The lowest BCUT2D eigenvalue weighted by molar-refractivity contribution is -0.123. The van der Waals surface area contributed by atoms with Gasteiger partial charge in [-0.15, -0.1) is 0 Å². The van der Waals surface area contributed by atoms with Crippen molar-refractivity contribution in [3.63, 3.8) is 0 Å². The van der Waals surface area contributed by atoms with E-state index in [1.54, 1.807) is 6.92 Å². The summed E-state index contributed by atoms with van der Waals surface area (Å²) in [4.78, 5) is 16.5. The molecule has 0 saturated heterocycles. The molecule has 3 atom stereocenters. The maximum atomic E-state index is 12.0. The van der Waals surface area contributed by atoms with Crippen molar-refractivity contribution in [2.45, 2.75) is 64.3 Å². The van der Waals surface area contributed by atoms with Gasteiger partial charge in [0.25, 0.3) is 0 Å². The Morgan fingerprint density at radius 3 is 2.81 bits per heavy atom. The number of hydrogen-bond donors (Lipinski definition) is 2. The quantitative estimate of drug-likeness (QED) is 0.793. The van der Waals surface area contributed by atoms with Crippen LogP contribution in [0.3, 0.4) is 0 Å². The van der Waals surface area contributed by atoms with Crippen molar-refractivity contribution >= 4 is 16.8 Å². The van der Waals surface area contributed by atoms with E-state index in [2.05, 4.69) is 48.4 Å². The highest BCUT2D eigenvalue weighted by Crippen LogP contribution is 2.48. The van der Waals surface area contributed by atoms with Crippen LogP contribution >= 0.6 is 0 Å². The summed E-state index contributed by atoms with van der Waals surface area (Å²) >= 11 is 0. The molecule has 146 valence electrons. The Morgan fingerprint density at radius 1 is 1.33 bits per heavy atom. The highest BCUT2D eigenvalue weighted by molar-refractivity contribution is 5.82. The van der Waals surface area contributed by atoms with Crippen molar-refractivity contribution < 1.29 is 9.90 Å². The molecule has 1 amide bonds. The SMILES string of the molecule is CC(=O)NC1(C(C)C)CCC(c2ccnc3ccccc23)CC1CCCO. The molecular formula is C23H32N2O2.